The van der Waals surface area contributed by atoms with Gasteiger partial charge in [0.15, 0.2) is 0 Å². The minimum atomic E-state index is -0.310. The third kappa shape index (κ3) is 3.39. The van der Waals surface area contributed by atoms with Gasteiger partial charge in [-0.1, -0.05) is 24.3 Å². The second-order valence-corrected chi connectivity index (χ2v) is 5.68. The van der Waals surface area contributed by atoms with Crippen molar-refractivity contribution in [1.82, 2.24) is 9.88 Å². The molecule has 1 aromatic heterocycles. The predicted octanol–water partition coefficient (Wildman–Crippen LogP) is 2.88. The van der Waals surface area contributed by atoms with Crippen molar-refractivity contribution in [2.45, 2.75) is 19.8 Å². The lowest BCUT2D eigenvalue weighted by Crippen LogP contribution is -2.29. The van der Waals surface area contributed by atoms with Crippen LogP contribution in [0.1, 0.15) is 39.4 Å². The van der Waals surface area contributed by atoms with Crippen molar-refractivity contribution in [3.63, 3.8) is 0 Å². The predicted molar refractivity (Wildman–Crippen MR) is 88.5 cm³/mol. The Hall–Kier alpha value is -2.69. The third-order valence-electron chi connectivity index (χ3n) is 3.99. The summed E-state index contributed by atoms with van der Waals surface area (Å²) in [7, 11) is 0. The molecule has 1 aromatic carbocycles. The Bertz CT molecular complexity index is 737. The smallest absolute Gasteiger partial charge is 0.274 e. The van der Waals surface area contributed by atoms with Gasteiger partial charge in [-0.2, -0.15) is 0 Å². The van der Waals surface area contributed by atoms with E-state index in [2.05, 4.69) is 10.3 Å². The average molecular weight is 309 g/mol. The number of rotatable bonds is 3. The molecule has 1 N–H and O–H groups in total. The van der Waals surface area contributed by atoms with Gasteiger partial charge < -0.3 is 10.2 Å². The number of nitrogens with one attached hydrogen (secondary N) is 1. The summed E-state index contributed by atoms with van der Waals surface area (Å²) in [5, 5.41) is 2.84. The normalized spacial score (nSPS) is 13.9. The van der Waals surface area contributed by atoms with Crippen LogP contribution in [0.2, 0.25) is 0 Å². The lowest BCUT2D eigenvalue weighted by Gasteiger charge is -2.15. The molecule has 1 aliphatic rings. The molecule has 0 radical (unpaired) electrons. The Morgan fingerprint density at radius 3 is 2.43 bits per heavy atom. The van der Waals surface area contributed by atoms with E-state index in [0.717, 1.165) is 37.2 Å². The van der Waals surface area contributed by atoms with Crippen molar-refractivity contribution in [3.8, 4) is 0 Å². The fourth-order valence-electron chi connectivity index (χ4n) is 2.66. The molecule has 2 aromatic rings. The summed E-state index contributed by atoms with van der Waals surface area (Å²) in [4.78, 5) is 30.8. The third-order valence-corrected chi connectivity index (χ3v) is 3.99. The molecule has 2 heterocycles. The Morgan fingerprint density at radius 1 is 1.00 bits per heavy atom. The van der Waals surface area contributed by atoms with Gasteiger partial charge in [0.05, 0.1) is 0 Å². The zero-order valence-corrected chi connectivity index (χ0v) is 13.1. The highest BCUT2D eigenvalue weighted by Gasteiger charge is 2.21. The summed E-state index contributed by atoms with van der Waals surface area (Å²) in [6, 6.07) is 12.5. The van der Waals surface area contributed by atoms with Crippen LogP contribution in [0.15, 0.2) is 42.5 Å². The van der Waals surface area contributed by atoms with Crippen LogP contribution < -0.4 is 5.32 Å². The van der Waals surface area contributed by atoms with E-state index in [1.807, 2.05) is 31.2 Å². The standard InChI is InChI=1S/C18H19N3O2/c1-13-7-2-3-8-14(13)20-17(22)15-9-6-10-16(19-15)18(23)21-11-4-5-12-21/h2-3,6-10H,4-5,11-12H2,1H3,(H,20,22). The van der Waals surface area contributed by atoms with Crippen LogP contribution in [0.4, 0.5) is 5.69 Å². The molecular formula is C18H19N3O2. The second-order valence-electron chi connectivity index (χ2n) is 5.68. The lowest BCUT2D eigenvalue weighted by atomic mass is 10.2. The van der Waals surface area contributed by atoms with Gasteiger partial charge in [-0.3, -0.25) is 9.59 Å². The van der Waals surface area contributed by atoms with Gasteiger partial charge in [0.1, 0.15) is 11.4 Å². The molecule has 5 nitrogen and oxygen atoms in total. The van der Waals surface area contributed by atoms with Crippen molar-refractivity contribution >= 4 is 17.5 Å². The molecule has 5 heteroatoms. The number of pyridine rings is 1. The topological polar surface area (TPSA) is 62.3 Å². The number of hydrogen-bond acceptors (Lipinski definition) is 3. The van der Waals surface area contributed by atoms with E-state index in [1.165, 1.54) is 0 Å². The highest BCUT2D eigenvalue weighted by molar-refractivity contribution is 6.04. The molecule has 118 valence electrons. The molecule has 0 bridgehead atoms. The van der Waals surface area contributed by atoms with E-state index in [4.69, 9.17) is 0 Å². The van der Waals surface area contributed by atoms with Gasteiger partial charge in [-0.05, 0) is 43.5 Å². The maximum absolute atomic E-state index is 12.4. The van der Waals surface area contributed by atoms with Crippen LogP contribution in [-0.4, -0.2) is 34.8 Å². The number of nitrogens with zero attached hydrogens (tertiary/aromatic N) is 2. The minimum absolute atomic E-state index is 0.104. The van der Waals surface area contributed by atoms with Crippen molar-refractivity contribution in [3.05, 3.63) is 59.4 Å². The van der Waals surface area contributed by atoms with E-state index >= 15 is 0 Å². The fourth-order valence-corrected chi connectivity index (χ4v) is 2.66. The van der Waals surface area contributed by atoms with Crippen LogP contribution in [-0.2, 0) is 0 Å². The molecule has 23 heavy (non-hydrogen) atoms. The fraction of sp³-hybridized carbons (Fsp3) is 0.278. The summed E-state index contributed by atoms with van der Waals surface area (Å²) < 4.78 is 0. The molecule has 0 atom stereocenters. The maximum atomic E-state index is 12.4. The molecule has 2 amide bonds. The summed E-state index contributed by atoms with van der Waals surface area (Å²) in [6.45, 7) is 3.46. The van der Waals surface area contributed by atoms with Crippen molar-refractivity contribution in [2.24, 2.45) is 0 Å². The molecule has 0 aliphatic carbocycles. The quantitative estimate of drug-likeness (QED) is 0.948. The number of para-hydroxylation sites is 1. The van der Waals surface area contributed by atoms with Crippen LogP contribution in [0, 0.1) is 6.92 Å². The molecule has 1 fully saturated rings. The summed E-state index contributed by atoms with van der Waals surface area (Å²) in [5.41, 5.74) is 2.29. The first-order valence-electron chi connectivity index (χ1n) is 7.78. The number of hydrogen-bond donors (Lipinski definition) is 1. The first kappa shape index (κ1) is 15.2. The highest BCUT2D eigenvalue weighted by atomic mass is 16.2. The summed E-state index contributed by atoms with van der Waals surface area (Å²) >= 11 is 0. The number of aryl methyl sites for hydroxylation is 1. The number of carbonyl (C=O) groups excluding carboxylic acids is 2. The van der Waals surface area contributed by atoms with E-state index in [1.54, 1.807) is 23.1 Å². The van der Waals surface area contributed by atoms with Gasteiger partial charge in [-0.15, -0.1) is 0 Å². The number of anilines is 1. The van der Waals surface area contributed by atoms with Gasteiger partial charge in [-0.25, -0.2) is 4.98 Å². The molecule has 0 saturated carbocycles. The SMILES string of the molecule is Cc1ccccc1NC(=O)c1cccc(C(=O)N2CCCC2)n1. The number of aromatic nitrogens is 1. The van der Waals surface area contributed by atoms with Gasteiger partial charge in [0.25, 0.3) is 11.8 Å². The first-order chi connectivity index (χ1) is 11.1. The Labute approximate surface area is 135 Å². The van der Waals surface area contributed by atoms with Crippen LogP contribution in [0.3, 0.4) is 0 Å². The second kappa shape index (κ2) is 6.60. The number of likely N-dealkylation sites (tertiary alicyclic amines) is 1. The first-order valence-corrected chi connectivity index (χ1v) is 7.78. The van der Waals surface area contributed by atoms with E-state index in [-0.39, 0.29) is 17.5 Å². The average Bonchev–Trinajstić information content (AvgIpc) is 3.11. The van der Waals surface area contributed by atoms with Crippen molar-refractivity contribution < 1.29 is 9.59 Å². The molecule has 0 spiro atoms. The molecule has 0 unspecified atom stereocenters. The zero-order chi connectivity index (χ0) is 16.2. The highest BCUT2D eigenvalue weighted by Crippen LogP contribution is 2.15. The molecule has 1 aliphatic heterocycles. The number of benzene rings is 1. The van der Waals surface area contributed by atoms with E-state index in [9.17, 15) is 9.59 Å². The van der Waals surface area contributed by atoms with Crippen LogP contribution in [0.5, 0.6) is 0 Å². The van der Waals surface area contributed by atoms with E-state index in [0.29, 0.717) is 5.69 Å². The van der Waals surface area contributed by atoms with Crippen molar-refractivity contribution in [2.75, 3.05) is 18.4 Å². The zero-order valence-electron chi connectivity index (χ0n) is 13.1. The molecule has 1 saturated heterocycles. The largest absolute Gasteiger partial charge is 0.337 e. The Morgan fingerprint density at radius 2 is 1.70 bits per heavy atom. The molecule has 3 rings (SSSR count). The lowest BCUT2D eigenvalue weighted by molar-refractivity contribution is 0.0787. The molecular weight excluding hydrogens is 290 g/mol. The summed E-state index contributed by atoms with van der Waals surface area (Å²) in [6.07, 6.45) is 2.05. The van der Waals surface area contributed by atoms with Gasteiger partial charge >= 0.3 is 0 Å². The van der Waals surface area contributed by atoms with Crippen LogP contribution >= 0.6 is 0 Å². The number of amides is 2. The van der Waals surface area contributed by atoms with Crippen LogP contribution in [0.25, 0.3) is 0 Å². The summed E-state index contributed by atoms with van der Waals surface area (Å²) in [5.74, 6) is -0.414. The minimum Gasteiger partial charge on any atom is -0.337 e. The Balaban J connectivity index is 1.77. The van der Waals surface area contributed by atoms with Crippen molar-refractivity contribution in [1.29, 1.82) is 0 Å². The number of carbonyl (C=O) groups is 2. The van der Waals surface area contributed by atoms with Gasteiger partial charge in [0, 0.05) is 18.8 Å². The van der Waals surface area contributed by atoms with E-state index < -0.39 is 0 Å². The Kier molecular flexibility index (Phi) is 4.37. The maximum Gasteiger partial charge on any atom is 0.274 e. The van der Waals surface area contributed by atoms with Gasteiger partial charge in [0.2, 0.25) is 0 Å². The monoisotopic (exact) mass is 309 g/mol.